The molecule has 0 aliphatic heterocycles. The van der Waals surface area contributed by atoms with E-state index in [-0.39, 0.29) is 0 Å². The Morgan fingerprint density at radius 2 is 1.25 bits per heavy atom. The van der Waals surface area contributed by atoms with Gasteiger partial charge < -0.3 is 0 Å². The Labute approximate surface area is 126 Å². The third-order valence-electron chi connectivity index (χ3n) is 8.04. The van der Waals surface area contributed by atoms with Gasteiger partial charge in [-0.15, -0.1) is 0 Å². The van der Waals surface area contributed by atoms with Crippen LogP contribution in [-0.4, -0.2) is 0 Å². The zero-order chi connectivity index (χ0) is 13.5. The standard InChI is InChI=1S/C20H34/c1-14(15-6-3-2-4-7-15)19-12-17-9-5-8-16-10-11-18(13-19)20(16)17/h14-20H,2-13H2,1H3. The van der Waals surface area contributed by atoms with E-state index in [2.05, 4.69) is 6.92 Å². The van der Waals surface area contributed by atoms with Crippen molar-refractivity contribution in [1.29, 1.82) is 0 Å². The lowest BCUT2D eigenvalue weighted by atomic mass is 9.58. The normalized spacial score (nSPS) is 47.0. The smallest absolute Gasteiger partial charge is 0.0329 e. The zero-order valence-electron chi connectivity index (χ0n) is 13.5. The van der Waals surface area contributed by atoms with Gasteiger partial charge in [-0.2, -0.15) is 0 Å². The van der Waals surface area contributed by atoms with Crippen LogP contribution in [0.1, 0.15) is 84.0 Å². The molecule has 0 nitrogen and oxygen atoms in total. The summed E-state index contributed by atoms with van der Waals surface area (Å²) < 4.78 is 0. The molecule has 0 heterocycles. The molecule has 6 atom stereocenters. The average molecular weight is 274 g/mol. The molecule has 4 aliphatic carbocycles. The van der Waals surface area contributed by atoms with Crippen LogP contribution in [0, 0.1) is 41.4 Å². The monoisotopic (exact) mass is 274 g/mol. The van der Waals surface area contributed by atoms with E-state index in [1.807, 2.05) is 0 Å². The van der Waals surface area contributed by atoms with Crippen LogP contribution in [0.25, 0.3) is 0 Å². The highest BCUT2D eigenvalue weighted by Gasteiger charge is 2.48. The van der Waals surface area contributed by atoms with Gasteiger partial charge in [0.15, 0.2) is 0 Å². The van der Waals surface area contributed by atoms with Gasteiger partial charge in [-0.05, 0) is 67.1 Å². The van der Waals surface area contributed by atoms with E-state index >= 15 is 0 Å². The van der Waals surface area contributed by atoms with Crippen molar-refractivity contribution in [2.75, 3.05) is 0 Å². The van der Waals surface area contributed by atoms with Crippen LogP contribution < -0.4 is 0 Å². The van der Waals surface area contributed by atoms with Crippen LogP contribution in [0.4, 0.5) is 0 Å². The van der Waals surface area contributed by atoms with Gasteiger partial charge in [-0.1, -0.05) is 58.3 Å². The van der Waals surface area contributed by atoms with Crippen LogP contribution in [0.2, 0.25) is 0 Å². The quantitative estimate of drug-likeness (QED) is 0.574. The van der Waals surface area contributed by atoms with Crippen molar-refractivity contribution in [2.45, 2.75) is 84.0 Å². The molecule has 0 radical (unpaired) electrons. The molecule has 4 rings (SSSR count). The lowest BCUT2D eigenvalue weighted by Gasteiger charge is -2.47. The molecule has 6 unspecified atom stereocenters. The van der Waals surface area contributed by atoms with Gasteiger partial charge in [-0.25, -0.2) is 0 Å². The highest BCUT2D eigenvalue weighted by atomic mass is 14.5. The molecule has 20 heavy (non-hydrogen) atoms. The Morgan fingerprint density at radius 3 is 2.05 bits per heavy atom. The van der Waals surface area contributed by atoms with E-state index in [4.69, 9.17) is 0 Å². The minimum absolute atomic E-state index is 1.04. The van der Waals surface area contributed by atoms with Gasteiger partial charge in [0.2, 0.25) is 0 Å². The van der Waals surface area contributed by atoms with Crippen molar-refractivity contribution >= 4 is 0 Å². The van der Waals surface area contributed by atoms with E-state index in [0.717, 1.165) is 35.5 Å². The van der Waals surface area contributed by atoms with E-state index < -0.39 is 0 Å². The summed E-state index contributed by atoms with van der Waals surface area (Å²) in [7, 11) is 0. The van der Waals surface area contributed by atoms with Crippen LogP contribution in [0.3, 0.4) is 0 Å². The predicted octanol–water partition coefficient (Wildman–Crippen LogP) is 6.06. The Kier molecular flexibility index (Phi) is 3.86. The number of hydrogen-bond acceptors (Lipinski definition) is 0. The summed E-state index contributed by atoms with van der Waals surface area (Å²) in [6, 6.07) is 0. The summed E-state index contributed by atoms with van der Waals surface area (Å²) in [5.74, 6) is 7.86. The van der Waals surface area contributed by atoms with Gasteiger partial charge in [-0.3, -0.25) is 0 Å². The maximum Gasteiger partial charge on any atom is -0.0329 e. The molecule has 0 aromatic carbocycles. The molecule has 4 saturated carbocycles. The summed E-state index contributed by atoms with van der Waals surface area (Å²) in [4.78, 5) is 0. The Morgan fingerprint density at radius 1 is 0.600 bits per heavy atom. The van der Waals surface area contributed by atoms with Crippen molar-refractivity contribution < 1.29 is 0 Å². The molecule has 0 aromatic heterocycles. The lowest BCUT2D eigenvalue weighted by Crippen LogP contribution is -2.38. The second-order valence-corrected chi connectivity index (χ2v) is 8.85. The fraction of sp³-hybridized carbons (Fsp3) is 1.00. The van der Waals surface area contributed by atoms with Crippen molar-refractivity contribution in [3.63, 3.8) is 0 Å². The maximum absolute atomic E-state index is 2.64. The molecule has 0 heteroatoms. The number of rotatable bonds is 2. The average Bonchev–Trinajstić information content (AvgIpc) is 2.92. The predicted molar refractivity (Wildman–Crippen MR) is 85.5 cm³/mol. The van der Waals surface area contributed by atoms with Crippen molar-refractivity contribution in [3.8, 4) is 0 Å². The second-order valence-electron chi connectivity index (χ2n) is 8.85. The largest absolute Gasteiger partial charge is 0.0620 e. The SMILES string of the molecule is CC(C1CCCCC1)C1CC2CCCC3CCC(C1)C32. The fourth-order valence-electron chi connectivity index (χ4n) is 7.04. The lowest BCUT2D eigenvalue weighted by molar-refractivity contribution is 0.0273. The highest BCUT2D eigenvalue weighted by Crippen LogP contribution is 2.57. The Hall–Kier alpha value is 0. The molecule has 0 aromatic rings. The summed E-state index contributed by atoms with van der Waals surface area (Å²) in [5.41, 5.74) is 0. The van der Waals surface area contributed by atoms with Crippen molar-refractivity contribution in [2.24, 2.45) is 41.4 Å². The van der Waals surface area contributed by atoms with Crippen LogP contribution >= 0.6 is 0 Å². The third kappa shape index (κ3) is 2.35. The summed E-state index contributed by atoms with van der Waals surface area (Å²) in [6.45, 7) is 2.64. The first kappa shape index (κ1) is 13.6. The van der Waals surface area contributed by atoms with E-state index in [9.17, 15) is 0 Å². The highest BCUT2D eigenvalue weighted by molar-refractivity contribution is 4.98. The first-order valence-corrected chi connectivity index (χ1v) is 9.83. The molecule has 0 spiro atoms. The molecule has 4 fully saturated rings. The summed E-state index contributed by atoms with van der Waals surface area (Å²) >= 11 is 0. The molecule has 0 bridgehead atoms. The topological polar surface area (TPSA) is 0 Å². The zero-order valence-corrected chi connectivity index (χ0v) is 13.5. The van der Waals surface area contributed by atoms with Gasteiger partial charge >= 0.3 is 0 Å². The van der Waals surface area contributed by atoms with Crippen molar-refractivity contribution in [3.05, 3.63) is 0 Å². The Balaban J connectivity index is 1.44. The summed E-state index contributed by atoms with van der Waals surface area (Å²) in [5, 5.41) is 0. The van der Waals surface area contributed by atoms with Crippen LogP contribution in [0.5, 0.6) is 0 Å². The van der Waals surface area contributed by atoms with Gasteiger partial charge in [0.25, 0.3) is 0 Å². The number of hydrogen-bond donors (Lipinski definition) is 0. The van der Waals surface area contributed by atoms with Crippen LogP contribution in [-0.2, 0) is 0 Å². The fourth-order valence-corrected chi connectivity index (χ4v) is 7.04. The van der Waals surface area contributed by atoms with E-state index in [1.165, 1.54) is 25.2 Å². The van der Waals surface area contributed by atoms with Crippen LogP contribution in [0.15, 0.2) is 0 Å². The first-order chi connectivity index (χ1) is 9.83. The van der Waals surface area contributed by atoms with Gasteiger partial charge in [0, 0.05) is 0 Å². The van der Waals surface area contributed by atoms with Gasteiger partial charge in [0.05, 0.1) is 0 Å². The molecule has 114 valence electrons. The minimum Gasteiger partial charge on any atom is -0.0620 e. The molecule has 0 amide bonds. The molecule has 0 N–H and O–H groups in total. The minimum atomic E-state index is 1.04. The van der Waals surface area contributed by atoms with E-state index in [1.54, 1.807) is 57.8 Å². The molecule has 0 saturated heterocycles. The maximum atomic E-state index is 2.64. The second kappa shape index (κ2) is 5.65. The van der Waals surface area contributed by atoms with E-state index in [0.29, 0.717) is 0 Å². The summed E-state index contributed by atoms with van der Waals surface area (Å²) in [6.07, 6.45) is 18.8. The molecular formula is C20H34. The third-order valence-corrected chi connectivity index (χ3v) is 8.04. The van der Waals surface area contributed by atoms with Gasteiger partial charge in [0.1, 0.15) is 0 Å². The Bertz CT molecular complexity index is 327. The molecular weight excluding hydrogens is 240 g/mol. The van der Waals surface area contributed by atoms with Crippen molar-refractivity contribution in [1.82, 2.24) is 0 Å². The molecule has 4 aliphatic rings. The first-order valence-electron chi connectivity index (χ1n) is 9.83.